The summed E-state index contributed by atoms with van der Waals surface area (Å²) < 4.78 is 1.03. The number of halogens is 1. The molecule has 2 rings (SSSR count). The van der Waals surface area contributed by atoms with Gasteiger partial charge in [-0.05, 0) is 30.3 Å². The van der Waals surface area contributed by atoms with E-state index in [1.807, 2.05) is 30.3 Å². The molecular weight excluding hydrogens is 298 g/mol. The second kappa shape index (κ2) is 5.21. The molecule has 3 nitrogen and oxygen atoms in total. The van der Waals surface area contributed by atoms with E-state index in [1.165, 1.54) is 18.0 Å². The van der Waals surface area contributed by atoms with Crippen molar-refractivity contribution in [2.75, 3.05) is 5.73 Å². The van der Waals surface area contributed by atoms with Crippen LogP contribution in [-0.4, -0.2) is 4.98 Å². The molecule has 1 heterocycles. The van der Waals surface area contributed by atoms with Gasteiger partial charge >= 0.3 is 0 Å². The number of nitrogens with two attached hydrogens (primary N) is 1. The summed E-state index contributed by atoms with van der Waals surface area (Å²) in [7, 11) is 0. The summed E-state index contributed by atoms with van der Waals surface area (Å²) >= 11 is 4.85. The molecule has 0 amide bonds. The first kappa shape index (κ1) is 12.0. The summed E-state index contributed by atoms with van der Waals surface area (Å²) in [4.78, 5) is 5.22. The van der Waals surface area contributed by atoms with E-state index >= 15 is 0 Å². The molecule has 2 aromatic rings. The van der Waals surface area contributed by atoms with E-state index in [0.29, 0.717) is 16.3 Å². The Kier molecular flexibility index (Phi) is 3.67. The predicted molar refractivity (Wildman–Crippen MR) is 71.6 cm³/mol. The molecule has 0 saturated heterocycles. The minimum Gasteiger partial charge on any atom is -0.396 e. The van der Waals surface area contributed by atoms with Gasteiger partial charge in [0.25, 0.3) is 0 Å². The van der Waals surface area contributed by atoms with Crippen LogP contribution in [0, 0.1) is 11.3 Å². The van der Waals surface area contributed by atoms with E-state index in [4.69, 9.17) is 11.0 Å². The lowest BCUT2D eigenvalue weighted by Gasteiger charge is -2.04. The van der Waals surface area contributed by atoms with E-state index in [1.54, 1.807) is 6.07 Å². The van der Waals surface area contributed by atoms with Gasteiger partial charge in [-0.25, -0.2) is 4.98 Å². The molecule has 5 heteroatoms. The van der Waals surface area contributed by atoms with Crippen LogP contribution in [0.3, 0.4) is 0 Å². The molecule has 0 aliphatic carbocycles. The Morgan fingerprint density at radius 1 is 1.29 bits per heavy atom. The zero-order valence-corrected chi connectivity index (χ0v) is 11.1. The molecule has 2 N–H and O–H groups in total. The zero-order chi connectivity index (χ0) is 12.3. The number of benzene rings is 1. The Bertz CT molecular complexity index is 575. The molecule has 0 aliphatic heterocycles. The van der Waals surface area contributed by atoms with E-state index in [9.17, 15) is 0 Å². The van der Waals surface area contributed by atoms with Crippen LogP contribution in [0.25, 0.3) is 0 Å². The Balaban J connectivity index is 2.25. The zero-order valence-electron chi connectivity index (χ0n) is 8.72. The van der Waals surface area contributed by atoms with Crippen LogP contribution < -0.4 is 5.73 Å². The lowest BCUT2D eigenvalue weighted by atomic mass is 10.3. The SMILES string of the molecule is N#Cc1cnc(Sc2ccc(Br)cc2)c(N)c1. The van der Waals surface area contributed by atoms with Gasteiger partial charge in [0, 0.05) is 15.6 Å². The van der Waals surface area contributed by atoms with Crippen molar-refractivity contribution in [2.24, 2.45) is 0 Å². The molecule has 0 spiro atoms. The van der Waals surface area contributed by atoms with Crippen LogP contribution in [0.1, 0.15) is 5.56 Å². The second-order valence-corrected chi connectivity index (χ2v) is 5.26. The maximum atomic E-state index is 8.72. The monoisotopic (exact) mass is 305 g/mol. The maximum Gasteiger partial charge on any atom is 0.124 e. The normalized spacial score (nSPS) is 9.88. The smallest absolute Gasteiger partial charge is 0.124 e. The van der Waals surface area contributed by atoms with Gasteiger partial charge in [0.2, 0.25) is 0 Å². The summed E-state index contributed by atoms with van der Waals surface area (Å²) in [6.07, 6.45) is 1.53. The molecule has 0 saturated carbocycles. The second-order valence-electron chi connectivity index (χ2n) is 3.29. The third-order valence-electron chi connectivity index (χ3n) is 2.04. The lowest BCUT2D eigenvalue weighted by molar-refractivity contribution is 1.13. The van der Waals surface area contributed by atoms with Gasteiger partial charge in [-0.1, -0.05) is 27.7 Å². The highest BCUT2D eigenvalue weighted by Crippen LogP contribution is 2.31. The van der Waals surface area contributed by atoms with Crippen molar-refractivity contribution in [1.82, 2.24) is 4.98 Å². The van der Waals surface area contributed by atoms with Gasteiger partial charge in [-0.3, -0.25) is 0 Å². The molecule has 0 bridgehead atoms. The standard InChI is InChI=1S/C12H8BrN3S/c13-9-1-3-10(4-2-9)17-12-11(15)5-8(6-14)7-16-12/h1-5,7H,15H2. The number of rotatable bonds is 2. The van der Waals surface area contributed by atoms with Crippen LogP contribution in [0.4, 0.5) is 5.69 Å². The fourth-order valence-corrected chi connectivity index (χ4v) is 2.27. The number of anilines is 1. The molecule has 1 aromatic carbocycles. The van der Waals surface area contributed by atoms with Gasteiger partial charge in [0.1, 0.15) is 11.1 Å². The lowest BCUT2D eigenvalue weighted by Crippen LogP contribution is -1.93. The van der Waals surface area contributed by atoms with Crippen molar-refractivity contribution < 1.29 is 0 Å². The third kappa shape index (κ3) is 2.99. The first-order valence-electron chi connectivity index (χ1n) is 4.78. The van der Waals surface area contributed by atoms with E-state index in [0.717, 1.165) is 9.37 Å². The summed E-state index contributed by atoms with van der Waals surface area (Å²) in [6, 6.07) is 11.5. The number of hydrogen-bond donors (Lipinski definition) is 1. The number of hydrogen-bond acceptors (Lipinski definition) is 4. The Morgan fingerprint density at radius 3 is 2.59 bits per heavy atom. The van der Waals surface area contributed by atoms with Gasteiger partial charge < -0.3 is 5.73 Å². The maximum absolute atomic E-state index is 8.72. The van der Waals surface area contributed by atoms with Crippen molar-refractivity contribution in [3.63, 3.8) is 0 Å². The highest BCUT2D eigenvalue weighted by molar-refractivity contribution is 9.10. The highest BCUT2D eigenvalue weighted by atomic mass is 79.9. The first-order valence-corrected chi connectivity index (χ1v) is 6.39. The average Bonchev–Trinajstić information content (AvgIpc) is 2.34. The van der Waals surface area contributed by atoms with Crippen LogP contribution in [-0.2, 0) is 0 Å². The molecule has 84 valence electrons. The highest BCUT2D eigenvalue weighted by Gasteiger charge is 2.04. The summed E-state index contributed by atoms with van der Waals surface area (Å²) in [5, 5.41) is 9.43. The molecular formula is C12H8BrN3S. The number of nitriles is 1. The predicted octanol–water partition coefficient (Wildman–Crippen LogP) is 3.45. The first-order chi connectivity index (χ1) is 8.19. The van der Waals surface area contributed by atoms with Crippen LogP contribution in [0.15, 0.2) is 50.9 Å². The van der Waals surface area contributed by atoms with Gasteiger partial charge in [-0.2, -0.15) is 5.26 Å². The van der Waals surface area contributed by atoms with Crippen molar-refractivity contribution in [3.05, 3.63) is 46.6 Å². The number of nitrogens with zero attached hydrogens (tertiary/aromatic N) is 2. The van der Waals surface area contributed by atoms with Crippen LogP contribution in [0.5, 0.6) is 0 Å². The molecule has 0 atom stereocenters. The quantitative estimate of drug-likeness (QED) is 0.923. The van der Waals surface area contributed by atoms with Crippen molar-refractivity contribution in [2.45, 2.75) is 9.92 Å². The van der Waals surface area contributed by atoms with E-state index in [2.05, 4.69) is 20.9 Å². The molecule has 0 aliphatic rings. The molecule has 1 aromatic heterocycles. The van der Waals surface area contributed by atoms with Crippen LogP contribution in [0.2, 0.25) is 0 Å². The number of nitrogen functional groups attached to an aromatic ring is 1. The fraction of sp³-hybridized carbons (Fsp3) is 0. The third-order valence-corrected chi connectivity index (χ3v) is 3.61. The molecule has 17 heavy (non-hydrogen) atoms. The van der Waals surface area contributed by atoms with E-state index in [-0.39, 0.29) is 0 Å². The average molecular weight is 306 g/mol. The van der Waals surface area contributed by atoms with Gasteiger partial charge in [-0.15, -0.1) is 0 Å². The minimum atomic E-state index is 0.475. The largest absolute Gasteiger partial charge is 0.396 e. The Labute approximate surface area is 112 Å². The summed E-state index contributed by atoms with van der Waals surface area (Å²) in [5.74, 6) is 0. The molecule has 0 radical (unpaired) electrons. The molecule has 0 unspecified atom stereocenters. The topological polar surface area (TPSA) is 62.7 Å². The Morgan fingerprint density at radius 2 is 2.00 bits per heavy atom. The van der Waals surface area contributed by atoms with Crippen molar-refractivity contribution in [1.29, 1.82) is 5.26 Å². The van der Waals surface area contributed by atoms with E-state index < -0.39 is 0 Å². The van der Waals surface area contributed by atoms with Crippen molar-refractivity contribution in [3.8, 4) is 6.07 Å². The van der Waals surface area contributed by atoms with Crippen molar-refractivity contribution >= 4 is 33.4 Å². The minimum absolute atomic E-state index is 0.475. The molecule has 0 fully saturated rings. The summed E-state index contributed by atoms with van der Waals surface area (Å²) in [5.41, 5.74) is 6.83. The number of pyridine rings is 1. The van der Waals surface area contributed by atoms with Gasteiger partial charge in [0.15, 0.2) is 0 Å². The Hall–Kier alpha value is -1.51. The van der Waals surface area contributed by atoms with Crippen LogP contribution >= 0.6 is 27.7 Å². The number of aromatic nitrogens is 1. The van der Waals surface area contributed by atoms with Gasteiger partial charge in [0.05, 0.1) is 11.3 Å². The summed E-state index contributed by atoms with van der Waals surface area (Å²) in [6.45, 7) is 0. The fourth-order valence-electron chi connectivity index (χ4n) is 1.23.